The van der Waals surface area contributed by atoms with Gasteiger partial charge in [0.25, 0.3) is 0 Å². The Hall–Kier alpha value is -1.85. The van der Waals surface area contributed by atoms with Gasteiger partial charge in [0.15, 0.2) is 0 Å². The molecule has 1 aliphatic carbocycles. The number of piperidine rings is 1. The number of aromatic amines is 1. The number of rotatable bonds is 3. The first-order chi connectivity index (χ1) is 12.2. The second kappa shape index (κ2) is 6.81. The van der Waals surface area contributed by atoms with Gasteiger partial charge in [-0.05, 0) is 56.3 Å². The molecule has 134 valence electrons. The normalized spacial score (nSPS) is 28.5. The number of nitrogens with one attached hydrogen (secondary N) is 1. The number of carbonyl (C=O) groups is 1. The fourth-order valence-electron chi connectivity index (χ4n) is 4.72. The van der Waals surface area contributed by atoms with Gasteiger partial charge < -0.3 is 14.8 Å². The first kappa shape index (κ1) is 16.6. The van der Waals surface area contributed by atoms with Gasteiger partial charge in [0.1, 0.15) is 0 Å². The van der Waals surface area contributed by atoms with Gasteiger partial charge in [0.2, 0.25) is 0 Å². The summed E-state index contributed by atoms with van der Waals surface area (Å²) < 4.78 is 4.85. The van der Waals surface area contributed by atoms with E-state index in [9.17, 15) is 9.90 Å². The van der Waals surface area contributed by atoms with E-state index in [0.717, 1.165) is 25.9 Å². The van der Waals surface area contributed by atoms with E-state index in [1.807, 2.05) is 0 Å². The van der Waals surface area contributed by atoms with E-state index in [-0.39, 0.29) is 17.9 Å². The van der Waals surface area contributed by atoms with E-state index in [2.05, 4.69) is 40.3 Å². The number of fused-ring (bicyclic) bond motifs is 1. The predicted molar refractivity (Wildman–Crippen MR) is 96.4 cm³/mol. The molecule has 0 amide bonds. The van der Waals surface area contributed by atoms with Crippen molar-refractivity contribution in [3.05, 3.63) is 36.0 Å². The van der Waals surface area contributed by atoms with E-state index in [4.69, 9.17) is 4.74 Å². The standard InChI is InChI=1S/C20H26N2O3/c1-25-20(24)14-10-18(19(23)11-14)22-8-6-13(7-9-22)16-12-21-17-5-3-2-4-15(16)17/h2-5,12-14,18-19,21,23H,6-11H2,1H3/t14-,18-,19+/m0/s1. The van der Waals surface area contributed by atoms with Gasteiger partial charge in [-0.3, -0.25) is 9.69 Å². The summed E-state index contributed by atoms with van der Waals surface area (Å²) in [5.74, 6) is 0.217. The first-order valence-corrected chi connectivity index (χ1v) is 9.23. The molecule has 5 nitrogen and oxygen atoms in total. The Kier molecular flexibility index (Phi) is 4.52. The third-order valence-corrected chi connectivity index (χ3v) is 6.09. The van der Waals surface area contributed by atoms with E-state index in [0.29, 0.717) is 18.8 Å². The molecule has 2 N–H and O–H groups in total. The van der Waals surface area contributed by atoms with Crippen LogP contribution in [-0.2, 0) is 9.53 Å². The van der Waals surface area contributed by atoms with E-state index >= 15 is 0 Å². The fourth-order valence-corrected chi connectivity index (χ4v) is 4.72. The third-order valence-electron chi connectivity index (χ3n) is 6.09. The number of carbonyl (C=O) groups excluding carboxylic acids is 1. The Balaban J connectivity index is 1.41. The average Bonchev–Trinajstić information content (AvgIpc) is 3.25. The van der Waals surface area contributed by atoms with Crippen molar-refractivity contribution in [2.45, 2.75) is 43.7 Å². The molecule has 25 heavy (non-hydrogen) atoms. The zero-order valence-electron chi connectivity index (χ0n) is 14.6. The van der Waals surface area contributed by atoms with Crippen LogP contribution in [0.2, 0.25) is 0 Å². The Morgan fingerprint density at radius 2 is 2.00 bits per heavy atom. The highest BCUT2D eigenvalue weighted by molar-refractivity contribution is 5.83. The monoisotopic (exact) mass is 342 g/mol. The molecule has 0 bridgehead atoms. The number of benzene rings is 1. The summed E-state index contributed by atoms with van der Waals surface area (Å²) in [6, 6.07) is 8.56. The third kappa shape index (κ3) is 3.07. The van der Waals surface area contributed by atoms with Crippen molar-refractivity contribution in [3.63, 3.8) is 0 Å². The van der Waals surface area contributed by atoms with Gasteiger partial charge >= 0.3 is 5.97 Å². The molecule has 4 rings (SSSR count). The lowest BCUT2D eigenvalue weighted by Gasteiger charge is -2.37. The Morgan fingerprint density at radius 3 is 2.76 bits per heavy atom. The van der Waals surface area contributed by atoms with Crippen LogP contribution in [0.15, 0.2) is 30.5 Å². The van der Waals surface area contributed by atoms with E-state index in [1.54, 1.807) is 0 Å². The van der Waals surface area contributed by atoms with Gasteiger partial charge in [-0.15, -0.1) is 0 Å². The van der Waals surface area contributed by atoms with Crippen molar-refractivity contribution >= 4 is 16.9 Å². The Bertz CT molecular complexity index is 748. The molecular formula is C20H26N2O3. The summed E-state index contributed by atoms with van der Waals surface area (Å²) in [4.78, 5) is 17.5. The molecule has 1 aliphatic heterocycles. The molecule has 1 aromatic heterocycles. The molecule has 2 heterocycles. The van der Waals surface area contributed by atoms with Crippen LogP contribution in [0, 0.1) is 5.92 Å². The van der Waals surface area contributed by atoms with Gasteiger partial charge in [0.05, 0.1) is 19.1 Å². The molecule has 2 aliphatic rings. The highest BCUT2D eigenvalue weighted by Crippen LogP contribution is 2.37. The number of esters is 1. The van der Waals surface area contributed by atoms with Crippen LogP contribution in [0.25, 0.3) is 10.9 Å². The highest BCUT2D eigenvalue weighted by atomic mass is 16.5. The van der Waals surface area contributed by atoms with Crippen molar-refractivity contribution in [1.29, 1.82) is 0 Å². The van der Waals surface area contributed by atoms with Crippen molar-refractivity contribution in [1.82, 2.24) is 9.88 Å². The topological polar surface area (TPSA) is 65.6 Å². The summed E-state index contributed by atoms with van der Waals surface area (Å²) in [5, 5.41) is 11.7. The minimum absolute atomic E-state index is 0.0908. The van der Waals surface area contributed by atoms with Gasteiger partial charge in [0, 0.05) is 23.1 Å². The zero-order chi connectivity index (χ0) is 17.4. The molecule has 0 unspecified atom stereocenters. The van der Waals surface area contributed by atoms with Crippen molar-refractivity contribution in [2.75, 3.05) is 20.2 Å². The minimum atomic E-state index is -0.422. The number of H-pyrrole nitrogens is 1. The largest absolute Gasteiger partial charge is 0.469 e. The van der Waals surface area contributed by atoms with Gasteiger partial charge in [-0.25, -0.2) is 0 Å². The van der Waals surface area contributed by atoms with Crippen molar-refractivity contribution in [2.24, 2.45) is 5.92 Å². The van der Waals surface area contributed by atoms with Crippen LogP contribution in [0.4, 0.5) is 0 Å². The van der Waals surface area contributed by atoms with E-state index in [1.165, 1.54) is 23.6 Å². The van der Waals surface area contributed by atoms with Crippen LogP contribution in [0.1, 0.15) is 37.2 Å². The molecule has 3 atom stereocenters. The van der Waals surface area contributed by atoms with E-state index < -0.39 is 6.10 Å². The highest BCUT2D eigenvalue weighted by Gasteiger charge is 2.41. The van der Waals surface area contributed by atoms with Crippen LogP contribution in [0.5, 0.6) is 0 Å². The zero-order valence-corrected chi connectivity index (χ0v) is 14.6. The number of hydrogen-bond donors (Lipinski definition) is 2. The predicted octanol–water partition coefficient (Wildman–Crippen LogP) is 2.66. The number of para-hydroxylation sites is 1. The van der Waals surface area contributed by atoms with Crippen LogP contribution < -0.4 is 0 Å². The maximum atomic E-state index is 11.8. The summed E-state index contributed by atoms with van der Waals surface area (Å²) in [6.07, 6.45) is 5.16. The first-order valence-electron chi connectivity index (χ1n) is 9.23. The lowest BCUT2D eigenvalue weighted by Crippen LogP contribution is -2.44. The Morgan fingerprint density at radius 1 is 1.24 bits per heavy atom. The number of methoxy groups -OCH3 is 1. The second-order valence-corrected chi connectivity index (χ2v) is 7.43. The smallest absolute Gasteiger partial charge is 0.308 e. The van der Waals surface area contributed by atoms with Crippen LogP contribution in [0.3, 0.4) is 0 Å². The minimum Gasteiger partial charge on any atom is -0.469 e. The number of nitrogens with zero attached hydrogens (tertiary/aromatic N) is 1. The van der Waals surface area contributed by atoms with Crippen LogP contribution in [-0.4, -0.2) is 53.3 Å². The number of aliphatic hydroxyl groups excluding tert-OH is 1. The van der Waals surface area contributed by atoms with Gasteiger partial charge in [-0.2, -0.15) is 0 Å². The van der Waals surface area contributed by atoms with Crippen molar-refractivity contribution in [3.8, 4) is 0 Å². The summed E-state index contributed by atoms with van der Waals surface area (Å²) in [6.45, 7) is 1.94. The maximum absolute atomic E-state index is 11.8. The summed E-state index contributed by atoms with van der Waals surface area (Å²) in [7, 11) is 1.43. The number of aliphatic hydroxyl groups is 1. The quantitative estimate of drug-likeness (QED) is 0.842. The summed E-state index contributed by atoms with van der Waals surface area (Å²) in [5.41, 5.74) is 2.61. The molecule has 1 aromatic carbocycles. The molecule has 1 saturated carbocycles. The molecule has 1 saturated heterocycles. The fraction of sp³-hybridized carbons (Fsp3) is 0.550. The van der Waals surface area contributed by atoms with Gasteiger partial charge in [-0.1, -0.05) is 18.2 Å². The lowest BCUT2D eigenvalue weighted by molar-refractivity contribution is -0.145. The second-order valence-electron chi connectivity index (χ2n) is 7.43. The maximum Gasteiger partial charge on any atom is 0.308 e. The molecule has 2 aromatic rings. The summed E-state index contributed by atoms with van der Waals surface area (Å²) >= 11 is 0. The molecule has 5 heteroatoms. The number of likely N-dealkylation sites (tertiary alicyclic amines) is 1. The molecular weight excluding hydrogens is 316 g/mol. The molecule has 0 radical (unpaired) electrons. The van der Waals surface area contributed by atoms with Crippen molar-refractivity contribution < 1.29 is 14.6 Å². The number of hydrogen-bond acceptors (Lipinski definition) is 4. The molecule has 2 fully saturated rings. The number of ether oxygens (including phenoxy) is 1. The average molecular weight is 342 g/mol. The Labute approximate surface area is 148 Å². The van der Waals surface area contributed by atoms with Crippen LogP contribution >= 0.6 is 0 Å². The lowest BCUT2D eigenvalue weighted by atomic mass is 9.88. The molecule has 0 spiro atoms. The SMILES string of the molecule is COC(=O)[C@@H]1C[C@@H](O)[C@@H](N2CCC(c3c[nH]c4ccccc34)CC2)C1. The number of aromatic nitrogens is 1.